The molecule has 29 heavy (non-hydrogen) atoms. The fraction of sp³-hybridized carbons (Fsp3) is 0.0435. The summed E-state index contributed by atoms with van der Waals surface area (Å²) >= 11 is 0. The van der Waals surface area contributed by atoms with Crippen LogP contribution >= 0.6 is 0 Å². The van der Waals surface area contributed by atoms with E-state index in [2.05, 4.69) is 9.97 Å². The van der Waals surface area contributed by atoms with Crippen molar-refractivity contribution in [1.29, 1.82) is 0 Å². The van der Waals surface area contributed by atoms with Crippen LogP contribution in [0.2, 0.25) is 0 Å². The molecule has 0 aliphatic rings. The standard InChI is InChI=1S/C23H16F2N2O2/c1-15-7-10-18(11-8-15)28-21-14-22(29-20-12-9-17(24)13-19(20)25)27-23(26-21)16-5-3-2-4-6-16/h2-14H,1H3. The van der Waals surface area contributed by atoms with E-state index in [1.54, 1.807) is 0 Å². The molecule has 3 aromatic carbocycles. The number of hydrogen-bond acceptors (Lipinski definition) is 4. The minimum absolute atomic E-state index is 0.0754. The summed E-state index contributed by atoms with van der Waals surface area (Å²) in [5, 5.41) is 0. The van der Waals surface area contributed by atoms with Crippen molar-refractivity contribution in [2.45, 2.75) is 6.92 Å². The SMILES string of the molecule is Cc1ccc(Oc2cc(Oc3ccc(F)cc3F)nc(-c3ccccc3)n2)cc1. The number of rotatable bonds is 5. The Morgan fingerprint density at radius 2 is 1.41 bits per heavy atom. The van der Waals surface area contributed by atoms with Crippen LogP contribution in [-0.4, -0.2) is 9.97 Å². The minimum atomic E-state index is -0.828. The zero-order chi connectivity index (χ0) is 20.2. The van der Waals surface area contributed by atoms with Gasteiger partial charge in [-0.1, -0.05) is 48.0 Å². The zero-order valence-corrected chi connectivity index (χ0v) is 15.5. The molecule has 0 saturated heterocycles. The van der Waals surface area contributed by atoms with Crippen molar-refractivity contribution in [3.63, 3.8) is 0 Å². The molecule has 0 unspecified atom stereocenters. The third kappa shape index (κ3) is 4.55. The van der Waals surface area contributed by atoms with E-state index in [1.165, 1.54) is 12.1 Å². The maximum absolute atomic E-state index is 14.0. The molecule has 144 valence electrons. The van der Waals surface area contributed by atoms with Crippen LogP contribution in [0.1, 0.15) is 5.56 Å². The van der Waals surface area contributed by atoms with Gasteiger partial charge in [0.05, 0.1) is 6.07 Å². The van der Waals surface area contributed by atoms with Gasteiger partial charge in [-0.2, -0.15) is 9.97 Å². The fourth-order valence-electron chi connectivity index (χ4n) is 2.62. The summed E-state index contributed by atoms with van der Waals surface area (Å²) in [6.07, 6.45) is 0. The molecule has 0 bridgehead atoms. The van der Waals surface area contributed by atoms with Gasteiger partial charge >= 0.3 is 0 Å². The normalized spacial score (nSPS) is 10.6. The van der Waals surface area contributed by atoms with Crippen molar-refractivity contribution < 1.29 is 18.3 Å². The van der Waals surface area contributed by atoms with Crippen molar-refractivity contribution in [2.24, 2.45) is 0 Å². The third-order valence-electron chi connectivity index (χ3n) is 4.06. The molecule has 0 N–H and O–H groups in total. The second kappa shape index (κ2) is 8.06. The highest BCUT2D eigenvalue weighted by atomic mass is 19.1. The van der Waals surface area contributed by atoms with E-state index in [-0.39, 0.29) is 17.5 Å². The van der Waals surface area contributed by atoms with E-state index in [0.717, 1.165) is 23.3 Å². The first-order chi connectivity index (χ1) is 14.1. The fourth-order valence-corrected chi connectivity index (χ4v) is 2.62. The Balaban J connectivity index is 1.72. The molecule has 0 amide bonds. The summed E-state index contributed by atoms with van der Waals surface area (Å²) in [5.74, 6) is -0.408. The van der Waals surface area contributed by atoms with Crippen molar-refractivity contribution in [1.82, 2.24) is 9.97 Å². The number of hydrogen-bond donors (Lipinski definition) is 0. The lowest BCUT2D eigenvalue weighted by atomic mass is 10.2. The Morgan fingerprint density at radius 1 is 0.724 bits per heavy atom. The van der Waals surface area contributed by atoms with Crippen molar-refractivity contribution in [3.05, 3.63) is 96.1 Å². The minimum Gasteiger partial charge on any atom is -0.439 e. The molecule has 4 nitrogen and oxygen atoms in total. The van der Waals surface area contributed by atoms with Crippen LogP contribution in [0.15, 0.2) is 78.9 Å². The van der Waals surface area contributed by atoms with E-state index < -0.39 is 11.6 Å². The first-order valence-electron chi connectivity index (χ1n) is 8.89. The van der Waals surface area contributed by atoms with Gasteiger partial charge in [0.1, 0.15) is 11.6 Å². The first kappa shape index (κ1) is 18.6. The Morgan fingerprint density at radius 3 is 2.10 bits per heavy atom. The van der Waals surface area contributed by atoms with Crippen LogP contribution in [0.25, 0.3) is 11.4 Å². The lowest BCUT2D eigenvalue weighted by molar-refractivity contribution is 0.412. The summed E-state index contributed by atoms with van der Waals surface area (Å²) in [6.45, 7) is 1.98. The number of aromatic nitrogens is 2. The average molecular weight is 390 g/mol. The second-order valence-corrected chi connectivity index (χ2v) is 6.33. The van der Waals surface area contributed by atoms with Crippen LogP contribution in [0, 0.1) is 18.6 Å². The van der Waals surface area contributed by atoms with E-state index in [0.29, 0.717) is 11.6 Å². The molecule has 0 spiro atoms. The Bertz CT molecular complexity index is 1130. The highest BCUT2D eigenvalue weighted by molar-refractivity contribution is 5.56. The molecule has 4 rings (SSSR count). The van der Waals surface area contributed by atoms with Gasteiger partial charge in [-0.05, 0) is 31.2 Å². The Kier molecular flexibility index (Phi) is 5.16. The molecule has 0 aliphatic carbocycles. The largest absolute Gasteiger partial charge is 0.439 e. The summed E-state index contributed by atoms with van der Waals surface area (Å²) in [5.41, 5.74) is 1.84. The number of ether oxygens (including phenoxy) is 2. The monoisotopic (exact) mass is 390 g/mol. The first-order valence-corrected chi connectivity index (χ1v) is 8.89. The Labute approximate surface area is 166 Å². The molecule has 1 heterocycles. The van der Waals surface area contributed by atoms with Gasteiger partial charge < -0.3 is 9.47 Å². The van der Waals surface area contributed by atoms with Crippen LogP contribution in [0.4, 0.5) is 8.78 Å². The van der Waals surface area contributed by atoms with Gasteiger partial charge in [0, 0.05) is 11.6 Å². The quantitative estimate of drug-likeness (QED) is 0.400. The van der Waals surface area contributed by atoms with Gasteiger partial charge in [-0.25, -0.2) is 8.78 Å². The highest BCUT2D eigenvalue weighted by Crippen LogP contribution is 2.30. The van der Waals surface area contributed by atoms with Crippen molar-refractivity contribution >= 4 is 0 Å². The molecule has 0 aliphatic heterocycles. The predicted molar refractivity (Wildman–Crippen MR) is 105 cm³/mol. The summed E-state index contributed by atoms with van der Waals surface area (Å²) in [4.78, 5) is 8.78. The number of benzene rings is 3. The zero-order valence-electron chi connectivity index (χ0n) is 15.5. The number of nitrogens with zero attached hydrogens (tertiary/aromatic N) is 2. The second-order valence-electron chi connectivity index (χ2n) is 6.33. The van der Waals surface area contributed by atoms with Crippen molar-refractivity contribution in [3.8, 4) is 34.6 Å². The van der Waals surface area contributed by atoms with Gasteiger partial charge in [0.15, 0.2) is 17.4 Å². The summed E-state index contributed by atoms with van der Waals surface area (Å²) in [6, 6.07) is 21.3. The lowest BCUT2D eigenvalue weighted by Crippen LogP contribution is -1.98. The molecule has 4 aromatic rings. The molecule has 0 radical (unpaired) electrons. The number of aryl methyl sites for hydroxylation is 1. The molecule has 1 aromatic heterocycles. The third-order valence-corrected chi connectivity index (χ3v) is 4.06. The van der Waals surface area contributed by atoms with Gasteiger partial charge in [0.2, 0.25) is 11.8 Å². The smallest absolute Gasteiger partial charge is 0.226 e. The highest BCUT2D eigenvalue weighted by Gasteiger charge is 2.13. The molecular formula is C23H16F2N2O2. The van der Waals surface area contributed by atoms with Gasteiger partial charge in [0.25, 0.3) is 0 Å². The van der Waals surface area contributed by atoms with Crippen LogP contribution in [0.5, 0.6) is 23.3 Å². The van der Waals surface area contributed by atoms with E-state index in [9.17, 15) is 8.78 Å². The summed E-state index contributed by atoms with van der Waals surface area (Å²) < 4.78 is 38.6. The van der Waals surface area contributed by atoms with Crippen LogP contribution < -0.4 is 9.47 Å². The molecule has 0 saturated carbocycles. The number of halogens is 2. The predicted octanol–water partition coefficient (Wildman–Crippen LogP) is 6.31. The van der Waals surface area contributed by atoms with Gasteiger partial charge in [-0.3, -0.25) is 0 Å². The molecule has 0 fully saturated rings. The van der Waals surface area contributed by atoms with Gasteiger partial charge in [-0.15, -0.1) is 0 Å². The van der Waals surface area contributed by atoms with Crippen LogP contribution in [-0.2, 0) is 0 Å². The topological polar surface area (TPSA) is 44.2 Å². The molecule has 6 heteroatoms. The van der Waals surface area contributed by atoms with Crippen LogP contribution in [0.3, 0.4) is 0 Å². The molecular weight excluding hydrogens is 374 g/mol. The maximum Gasteiger partial charge on any atom is 0.226 e. The Hall–Kier alpha value is -3.80. The lowest BCUT2D eigenvalue weighted by Gasteiger charge is -2.11. The van der Waals surface area contributed by atoms with Crippen molar-refractivity contribution in [2.75, 3.05) is 0 Å². The maximum atomic E-state index is 14.0. The summed E-state index contributed by atoms with van der Waals surface area (Å²) in [7, 11) is 0. The van der Waals surface area contributed by atoms with E-state index in [1.807, 2.05) is 61.5 Å². The average Bonchev–Trinajstić information content (AvgIpc) is 2.72. The molecule has 0 atom stereocenters. The van der Waals surface area contributed by atoms with E-state index in [4.69, 9.17) is 9.47 Å². The van der Waals surface area contributed by atoms with E-state index >= 15 is 0 Å².